The Balaban J connectivity index is 1.44. The Kier molecular flexibility index (Phi) is 4.78. The van der Waals surface area contributed by atoms with Gasteiger partial charge in [-0.25, -0.2) is 4.98 Å². The molecule has 0 bridgehead atoms. The summed E-state index contributed by atoms with van der Waals surface area (Å²) in [5, 5.41) is 4.46. The number of fused-ring (bicyclic) bond motifs is 1. The molecular formula is C23H28N4O2. The maximum atomic E-state index is 5.67. The number of rotatable bonds is 4. The van der Waals surface area contributed by atoms with Gasteiger partial charge in [-0.2, -0.15) is 0 Å². The molecule has 0 unspecified atom stereocenters. The topological polar surface area (TPSA) is 51.9 Å². The second kappa shape index (κ2) is 7.58. The van der Waals surface area contributed by atoms with Crippen LogP contribution < -0.4 is 4.74 Å². The third-order valence-electron chi connectivity index (χ3n) is 6.43. The van der Waals surface area contributed by atoms with Gasteiger partial charge in [-0.15, -0.1) is 0 Å². The Hall–Kier alpha value is -2.76. The highest BCUT2D eigenvalue weighted by atomic mass is 16.6. The molecule has 1 aromatic carbocycles. The molecular weight excluding hydrogens is 364 g/mol. The van der Waals surface area contributed by atoms with Gasteiger partial charge in [0.25, 0.3) is 0 Å². The number of imidazole rings is 1. The number of methoxy groups -OCH3 is 1. The molecule has 0 spiro atoms. The van der Waals surface area contributed by atoms with Gasteiger partial charge in [0, 0.05) is 12.7 Å². The summed E-state index contributed by atoms with van der Waals surface area (Å²) < 4.78 is 7.67. The molecule has 152 valence electrons. The van der Waals surface area contributed by atoms with Crippen molar-refractivity contribution in [3.8, 4) is 11.4 Å². The van der Waals surface area contributed by atoms with Crippen LogP contribution in [-0.4, -0.2) is 46.6 Å². The number of hydrogen-bond acceptors (Lipinski definition) is 5. The first-order chi connectivity index (χ1) is 14.2. The van der Waals surface area contributed by atoms with E-state index < -0.39 is 0 Å². The van der Waals surface area contributed by atoms with Gasteiger partial charge < -0.3 is 19.0 Å². The Morgan fingerprint density at radius 2 is 2.14 bits per heavy atom. The third-order valence-corrected chi connectivity index (χ3v) is 6.43. The predicted molar refractivity (Wildman–Crippen MR) is 113 cm³/mol. The Morgan fingerprint density at radius 3 is 2.86 bits per heavy atom. The molecule has 6 heteroatoms. The minimum absolute atomic E-state index is 0.487. The van der Waals surface area contributed by atoms with E-state index in [9.17, 15) is 0 Å². The average molecular weight is 393 g/mol. The number of aromatic nitrogens is 2. The van der Waals surface area contributed by atoms with Crippen molar-refractivity contribution in [2.75, 3.05) is 20.3 Å². The van der Waals surface area contributed by atoms with E-state index in [4.69, 9.17) is 9.57 Å². The van der Waals surface area contributed by atoms with E-state index in [1.165, 1.54) is 24.8 Å². The fraction of sp³-hybridized carbons (Fsp3) is 0.478. The first kappa shape index (κ1) is 18.3. The van der Waals surface area contributed by atoms with Crippen LogP contribution in [0.2, 0.25) is 0 Å². The third kappa shape index (κ3) is 3.41. The van der Waals surface area contributed by atoms with E-state index in [-0.39, 0.29) is 0 Å². The molecule has 1 saturated heterocycles. The highest BCUT2D eigenvalue weighted by molar-refractivity contribution is 6.02. The highest BCUT2D eigenvalue weighted by Crippen LogP contribution is 2.37. The minimum atomic E-state index is 0.487. The van der Waals surface area contributed by atoms with Crippen molar-refractivity contribution in [1.82, 2.24) is 14.5 Å². The predicted octanol–water partition coefficient (Wildman–Crippen LogP) is 4.18. The summed E-state index contributed by atoms with van der Waals surface area (Å²) in [6.07, 6.45) is 12.3. The smallest absolute Gasteiger partial charge is 0.171 e. The van der Waals surface area contributed by atoms with E-state index in [0.717, 1.165) is 60.4 Å². The zero-order chi connectivity index (χ0) is 19.8. The summed E-state index contributed by atoms with van der Waals surface area (Å²) in [5.41, 5.74) is 4.35. The van der Waals surface area contributed by atoms with E-state index in [1.807, 2.05) is 24.0 Å². The van der Waals surface area contributed by atoms with E-state index in [0.29, 0.717) is 6.04 Å². The van der Waals surface area contributed by atoms with Gasteiger partial charge in [-0.3, -0.25) is 0 Å². The highest BCUT2D eigenvalue weighted by Gasteiger charge is 2.38. The quantitative estimate of drug-likeness (QED) is 0.783. The Labute approximate surface area is 171 Å². The number of ether oxygens (including phenoxy) is 1. The van der Waals surface area contributed by atoms with Crippen LogP contribution in [0.25, 0.3) is 11.8 Å². The van der Waals surface area contributed by atoms with Gasteiger partial charge in [0.1, 0.15) is 12.4 Å². The van der Waals surface area contributed by atoms with Crippen molar-refractivity contribution in [2.45, 2.75) is 45.1 Å². The molecule has 2 fully saturated rings. The zero-order valence-electron chi connectivity index (χ0n) is 17.2. The van der Waals surface area contributed by atoms with Crippen molar-refractivity contribution in [2.24, 2.45) is 11.1 Å². The second-order valence-corrected chi connectivity index (χ2v) is 8.29. The molecule has 2 aliphatic heterocycles. The molecule has 29 heavy (non-hydrogen) atoms. The summed E-state index contributed by atoms with van der Waals surface area (Å²) in [4.78, 5) is 12.5. The van der Waals surface area contributed by atoms with Gasteiger partial charge in [-0.1, -0.05) is 17.6 Å². The molecule has 6 nitrogen and oxygen atoms in total. The molecule has 1 aliphatic carbocycles. The van der Waals surface area contributed by atoms with E-state index in [2.05, 4.69) is 39.3 Å². The standard InChI is InChI=1S/C23H28N4O2/c1-16-13-26(15-24-16)20-9-8-17(12-22(20)28-2)11-19-7-4-10-27-21(18-5-3-6-18)14-29-25-23(19)27/h8-9,11-13,15,18,21H,3-7,10,14H2,1-2H3/b19-11+/t21-/m1/s1. The maximum absolute atomic E-state index is 5.67. The Bertz CT molecular complexity index is 958. The number of amidine groups is 1. The van der Waals surface area contributed by atoms with Crippen LogP contribution in [0.4, 0.5) is 0 Å². The van der Waals surface area contributed by atoms with Crippen molar-refractivity contribution < 1.29 is 9.57 Å². The number of nitrogens with zero attached hydrogens (tertiary/aromatic N) is 4. The average Bonchev–Trinajstić information content (AvgIpc) is 3.13. The summed E-state index contributed by atoms with van der Waals surface area (Å²) in [6, 6.07) is 6.79. The molecule has 5 rings (SSSR count). The van der Waals surface area contributed by atoms with Crippen LogP contribution in [0.1, 0.15) is 43.4 Å². The molecule has 2 aromatic rings. The number of oxime groups is 1. The van der Waals surface area contributed by atoms with Crippen LogP contribution in [0.5, 0.6) is 5.75 Å². The van der Waals surface area contributed by atoms with Crippen LogP contribution in [0.3, 0.4) is 0 Å². The largest absolute Gasteiger partial charge is 0.495 e. The normalized spacial score (nSPS) is 23.2. The fourth-order valence-electron chi connectivity index (χ4n) is 4.64. The SMILES string of the molecule is COc1cc(/C=C2\CCCN3C2=NOC[C@@H]3C2CCC2)ccc1-n1cnc(C)c1. The van der Waals surface area contributed by atoms with Crippen molar-refractivity contribution in [1.29, 1.82) is 0 Å². The van der Waals surface area contributed by atoms with Gasteiger partial charge in [-0.05, 0) is 67.9 Å². The molecule has 3 heterocycles. The maximum Gasteiger partial charge on any atom is 0.171 e. The van der Waals surface area contributed by atoms with E-state index in [1.54, 1.807) is 7.11 Å². The van der Waals surface area contributed by atoms with Gasteiger partial charge in [0.15, 0.2) is 5.84 Å². The molecule has 3 aliphatic rings. The second-order valence-electron chi connectivity index (χ2n) is 8.29. The van der Waals surface area contributed by atoms with Crippen molar-refractivity contribution >= 4 is 11.9 Å². The van der Waals surface area contributed by atoms with Crippen LogP contribution >= 0.6 is 0 Å². The Morgan fingerprint density at radius 1 is 1.24 bits per heavy atom. The lowest BCUT2D eigenvalue weighted by Gasteiger charge is -2.46. The lowest BCUT2D eigenvalue weighted by molar-refractivity contribution is 0.0140. The molecule has 1 aromatic heterocycles. The van der Waals surface area contributed by atoms with Gasteiger partial charge in [0.2, 0.25) is 0 Å². The molecule has 0 radical (unpaired) electrons. The zero-order valence-corrected chi connectivity index (χ0v) is 17.2. The number of piperidine rings is 1. The number of benzene rings is 1. The van der Waals surface area contributed by atoms with Crippen molar-refractivity contribution in [3.05, 3.63) is 47.6 Å². The molecule has 1 saturated carbocycles. The molecule has 0 N–H and O–H groups in total. The lowest BCUT2D eigenvalue weighted by atomic mass is 9.78. The number of hydrogen-bond donors (Lipinski definition) is 0. The van der Waals surface area contributed by atoms with Crippen LogP contribution in [0.15, 0.2) is 41.5 Å². The van der Waals surface area contributed by atoms with Crippen LogP contribution in [-0.2, 0) is 4.84 Å². The van der Waals surface area contributed by atoms with Crippen molar-refractivity contribution in [3.63, 3.8) is 0 Å². The number of aryl methyl sites for hydroxylation is 1. The van der Waals surface area contributed by atoms with Gasteiger partial charge >= 0.3 is 0 Å². The first-order valence-electron chi connectivity index (χ1n) is 10.6. The monoisotopic (exact) mass is 392 g/mol. The fourth-order valence-corrected chi connectivity index (χ4v) is 4.64. The molecule has 1 atom stereocenters. The van der Waals surface area contributed by atoms with Crippen LogP contribution in [0, 0.1) is 12.8 Å². The minimum Gasteiger partial charge on any atom is -0.495 e. The molecule has 0 amide bonds. The summed E-state index contributed by atoms with van der Waals surface area (Å²) in [5.74, 6) is 2.63. The van der Waals surface area contributed by atoms with E-state index >= 15 is 0 Å². The van der Waals surface area contributed by atoms with Gasteiger partial charge in [0.05, 0.1) is 30.9 Å². The first-order valence-corrected chi connectivity index (χ1v) is 10.6. The summed E-state index contributed by atoms with van der Waals surface area (Å²) in [6.45, 7) is 3.80. The lowest BCUT2D eigenvalue weighted by Crippen LogP contribution is -2.53. The summed E-state index contributed by atoms with van der Waals surface area (Å²) >= 11 is 0. The summed E-state index contributed by atoms with van der Waals surface area (Å²) in [7, 11) is 1.71.